The van der Waals surface area contributed by atoms with E-state index in [0.717, 1.165) is 37.7 Å². The van der Waals surface area contributed by atoms with Gasteiger partial charge in [-0.25, -0.2) is 0 Å². The third-order valence-corrected chi connectivity index (χ3v) is 6.42. The molecule has 0 aliphatic heterocycles. The van der Waals surface area contributed by atoms with E-state index in [1.165, 1.54) is 0 Å². The Morgan fingerprint density at radius 2 is 1.89 bits per heavy atom. The molecule has 2 saturated carbocycles. The number of nitrogens with one attached hydrogen (secondary N) is 2. The van der Waals surface area contributed by atoms with Gasteiger partial charge in [-0.1, -0.05) is 49.6 Å². The molecule has 0 radical (unpaired) electrons. The number of amides is 2. The Bertz CT molecular complexity index is 890. The van der Waals surface area contributed by atoms with Crippen LogP contribution in [0.25, 0.3) is 0 Å². The summed E-state index contributed by atoms with van der Waals surface area (Å²) < 4.78 is 0. The first kappa shape index (κ1) is 19.0. The largest absolute Gasteiger partial charge is 0.352 e. The second-order valence-electron chi connectivity index (χ2n) is 7.96. The number of hydrogen-bond acceptors (Lipinski definition) is 2. The van der Waals surface area contributed by atoms with Crippen molar-refractivity contribution in [2.24, 2.45) is 5.92 Å². The maximum Gasteiger partial charge on any atom is 0.255 e. The van der Waals surface area contributed by atoms with Crippen molar-refractivity contribution in [3.8, 4) is 0 Å². The van der Waals surface area contributed by atoms with Gasteiger partial charge < -0.3 is 10.6 Å². The molecule has 2 aromatic carbocycles. The second kappa shape index (κ2) is 7.59. The summed E-state index contributed by atoms with van der Waals surface area (Å²) in [6, 6.07) is 14.9. The first-order chi connectivity index (χ1) is 13.5. The molecule has 0 heterocycles. The average molecular weight is 397 g/mol. The summed E-state index contributed by atoms with van der Waals surface area (Å²) in [6.45, 7) is 2.17. The maximum absolute atomic E-state index is 12.9. The molecule has 2 N–H and O–H groups in total. The van der Waals surface area contributed by atoms with Crippen LogP contribution in [-0.2, 0) is 10.2 Å². The Hall–Kier alpha value is -2.33. The van der Waals surface area contributed by atoms with Gasteiger partial charge in [0, 0.05) is 22.3 Å². The van der Waals surface area contributed by atoms with Gasteiger partial charge in [0.2, 0.25) is 5.91 Å². The minimum atomic E-state index is -0.406. The molecule has 2 aliphatic carbocycles. The molecule has 146 valence electrons. The summed E-state index contributed by atoms with van der Waals surface area (Å²) in [7, 11) is 0. The van der Waals surface area contributed by atoms with Crippen LogP contribution in [0.2, 0.25) is 5.02 Å². The highest BCUT2D eigenvalue weighted by molar-refractivity contribution is 6.31. The molecule has 2 aromatic rings. The molecule has 2 fully saturated rings. The van der Waals surface area contributed by atoms with Crippen molar-refractivity contribution in [1.82, 2.24) is 5.32 Å². The summed E-state index contributed by atoms with van der Waals surface area (Å²) in [4.78, 5) is 25.3. The van der Waals surface area contributed by atoms with Crippen molar-refractivity contribution >= 4 is 29.1 Å². The normalized spacial score (nSPS) is 22.1. The molecular formula is C23H25ClN2O2. The Morgan fingerprint density at radius 1 is 1.14 bits per heavy atom. The summed E-state index contributed by atoms with van der Waals surface area (Å²) in [6.07, 6.45) is 5.07. The smallest absolute Gasteiger partial charge is 0.255 e. The number of hydrogen-bond donors (Lipinski definition) is 2. The van der Waals surface area contributed by atoms with Crippen LogP contribution >= 0.6 is 11.6 Å². The lowest BCUT2D eigenvalue weighted by atomic mass is 9.63. The van der Waals surface area contributed by atoms with E-state index in [1.54, 1.807) is 24.3 Å². The topological polar surface area (TPSA) is 58.2 Å². The van der Waals surface area contributed by atoms with Gasteiger partial charge in [0.25, 0.3) is 5.91 Å². The zero-order valence-electron chi connectivity index (χ0n) is 16.0. The molecule has 2 atom stereocenters. The van der Waals surface area contributed by atoms with Crippen LogP contribution in [0, 0.1) is 5.92 Å². The zero-order chi connectivity index (χ0) is 19.7. The first-order valence-electron chi connectivity index (χ1n) is 10.0. The highest BCUT2D eigenvalue weighted by Gasteiger charge is 2.48. The van der Waals surface area contributed by atoms with E-state index < -0.39 is 5.41 Å². The molecule has 2 unspecified atom stereocenters. The lowest BCUT2D eigenvalue weighted by molar-refractivity contribution is -0.130. The highest BCUT2D eigenvalue weighted by atomic mass is 35.5. The van der Waals surface area contributed by atoms with E-state index in [9.17, 15) is 9.59 Å². The molecule has 5 heteroatoms. The van der Waals surface area contributed by atoms with E-state index in [4.69, 9.17) is 11.6 Å². The molecule has 28 heavy (non-hydrogen) atoms. The van der Waals surface area contributed by atoms with Crippen molar-refractivity contribution in [3.05, 3.63) is 64.7 Å². The molecule has 0 saturated heterocycles. The Morgan fingerprint density at radius 3 is 2.46 bits per heavy atom. The number of benzene rings is 2. The lowest BCUT2D eigenvalue weighted by Crippen LogP contribution is -2.50. The van der Waals surface area contributed by atoms with Crippen molar-refractivity contribution in [2.75, 3.05) is 5.32 Å². The number of carbonyl (C=O) groups is 2. The van der Waals surface area contributed by atoms with E-state index in [2.05, 4.69) is 17.6 Å². The van der Waals surface area contributed by atoms with E-state index >= 15 is 0 Å². The van der Waals surface area contributed by atoms with Crippen LogP contribution < -0.4 is 10.6 Å². The van der Waals surface area contributed by atoms with Crippen LogP contribution in [0.1, 0.15) is 54.9 Å². The van der Waals surface area contributed by atoms with Gasteiger partial charge in [-0.15, -0.1) is 0 Å². The van der Waals surface area contributed by atoms with Crippen LogP contribution in [0.3, 0.4) is 0 Å². The second-order valence-corrected chi connectivity index (χ2v) is 8.40. The maximum atomic E-state index is 12.9. The van der Waals surface area contributed by atoms with Crippen molar-refractivity contribution in [1.29, 1.82) is 0 Å². The number of rotatable bonds is 6. The predicted octanol–water partition coefficient (Wildman–Crippen LogP) is 4.93. The summed E-state index contributed by atoms with van der Waals surface area (Å²) >= 11 is 5.96. The zero-order valence-corrected chi connectivity index (χ0v) is 16.8. The third kappa shape index (κ3) is 3.66. The van der Waals surface area contributed by atoms with Gasteiger partial charge >= 0.3 is 0 Å². The average Bonchev–Trinajstić information content (AvgIpc) is 3.40. The number of anilines is 1. The van der Waals surface area contributed by atoms with Gasteiger partial charge in [-0.05, 0) is 61.1 Å². The lowest BCUT2D eigenvalue weighted by Gasteiger charge is -2.41. The molecule has 4 rings (SSSR count). The minimum absolute atomic E-state index is 0.162. The fourth-order valence-electron chi connectivity index (χ4n) is 4.06. The van der Waals surface area contributed by atoms with Crippen molar-refractivity contribution in [3.63, 3.8) is 0 Å². The molecule has 0 aromatic heterocycles. The molecular weight excluding hydrogens is 372 g/mol. The summed E-state index contributed by atoms with van der Waals surface area (Å²) in [5.41, 5.74) is 1.85. The molecule has 2 aliphatic rings. The van der Waals surface area contributed by atoms with Crippen LogP contribution in [0.15, 0.2) is 48.5 Å². The minimum Gasteiger partial charge on any atom is -0.352 e. The van der Waals surface area contributed by atoms with E-state index in [-0.39, 0.29) is 11.8 Å². The molecule has 2 amide bonds. The van der Waals surface area contributed by atoms with Gasteiger partial charge in [0.05, 0.1) is 5.41 Å². The van der Waals surface area contributed by atoms with Gasteiger partial charge in [0.1, 0.15) is 0 Å². The van der Waals surface area contributed by atoms with Gasteiger partial charge in [0.15, 0.2) is 0 Å². The monoisotopic (exact) mass is 396 g/mol. The third-order valence-electron chi connectivity index (χ3n) is 6.19. The highest BCUT2D eigenvalue weighted by Crippen LogP contribution is 2.45. The fourth-order valence-corrected chi connectivity index (χ4v) is 4.26. The number of halogens is 1. The SMILES string of the molecule is CCC1CC1NC(=O)C1(c2ccc(NC(=O)c3cccc(Cl)c3)cc2)CCC1. The van der Waals surface area contributed by atoms with E-state index in [0.29, 0.717) is 28.2 Å². The Labute approximate surface area is 170 Å². The molecule has 0 spiro atoms. The van der Waals surface area contributed by atoms with Gasteiger partial charge in [-0.2, -0.15) is 0 Å². The standard InChI is InChI=1S/C23H25ClN2O2/c1-2-15-14-20(15)26-22(28)23(11-4-12-23)17-7-9-19(10-8-17)25-21(27)16-5-3-6-18(24)13-16/h3,5-10,13,15,20H,2,4,11-12,14H2,1H3,(H,25,27)(H,26,28). The van der Waals surface area contributed by atoms with Gasteiger partial charge in [-0.3, -0.25) is 9.59 Å². The molecule has 0 bridgehead atoms. The van der Waals surface area contributed by atoms with Crippen LogP contribution in [0.4, 0.5) is 5.69 Å². The summed E-state index contributed by atoms with van der Waals surface area (Å²) in [5.74, 6) is 0.603. The molecule has 4 nitrogen and oxygen atoms in total. The Kier molecular flexibility index (Phi) is 5.15. The predicted molar refractivity (Wildman–Crippen MR) is 112 cm³/mol. The quantitative estimate of drug-likeness (QED) is 0.727. The van der Waals surface area contributed by atoms with Crippen LogP contribution in [0.5, 0.6) is 0 Å². The Balaban J connectivity index is 1.44. The van der Waals surface area contributed by atoms with Crippen molar-refractivity contribution < 1.29 is 9.59 Å². The fraction of sp³-hybridized carbons (Fsp3) is 0.391. The van der Waals surface area contributed by atoms with Crippen LogP contribution in [-0.4, -0.2) is 17.9 Å². The van der Waals surface area contributed by atoms with E-state index in [1.807, 2.05) is 24.3 Å². The first-order valence-corrected chi connectivity index (χ1v) is 10.4. The van der Waals surface area contributed by atoms with Crippen molar-refractivity contribution in [2.45, 2.75) is 50.5 Å². The summed E-state index contributed by atoms with van der Waals surface area (Å²) in [5, 5.41) is 6.66. The number of carbonyl (C=O) groups excluding carboxylic acids is 2.